The van der Waals surface area contributed by atoms with Gasteiger partial charge in [-0.05, 0) is 12.3 Å². The summed E-state index contributed by atoms with van der Waals surface area (Å²) in [6, 6.07) is -0.591. The van der Waals surface area contributed by atoms with Gasteiger partial charge in [0.15, 0.2) is 0 Å². The Kier molecular flexibility index (Phi) is 6.28. The van der Waals surface area contributed by atoms with Crippen LogP contribution in [-0.4, -0.2) is 30.9 Å². The maximum Gasteiger partial charge on any atom is 0.328 e. The van der Waals surface area contributed by atoms with Gasteiger partial charge in [-0.3, -0.25) is 4.79 Å². The Bertz CT molecular complexity index is 206. The lowest BCUT2D eigenvalue weighted by atomic mass is 10.0. The number of carbonyl (C=O) groups excluding carboxylic acids is 2. The molecule has 0 radical (unpaired) electrons. The number of methoxy groups -OCH3 is 1. The molecule has 14 heavy (non-hydrogen) atoms. The third kappa shape index (κ3) is 5.07. The Morgan fingerprint density at radius 2 is 2.00 bits per heavy atom. The predicted molar refractivity (Wildman–Crippen MR) is 54.1 cm³/mol. The minimum Gasteiger partial charge on any atom is -0.467 e. The average molecular weight is 222 g/mol. The zero-order valence-corrected chi connectivity index (χ0v) is 9.43. The summed E-state index contributed by atoms with van der Waals surface area (Å²) in [5.41, 5.74) is 0. The van der Waals surface area contributed by atoms with Crippen LogP contribution in [0.1, 0.15) is 20.3 Å². The summed E-state index contributed by atoms with van der Waals surface area (Å²) in [6.45, 7) is 3.92. The van der Waals surface area contributed by atoms with Crippen LogP contribution in [0.2, 0.25) is 0 Å². The van der Waals surface area contributed by atoms with E-state index >= 15 is 0 Å². The van der Waals surface area contributed by atoms with Crippen LogP contribution in [0.4, 0.5) is 0 Å². The van der Waals surface area contributed by atoms with E-state index in [2.05, 4.69) is 10.1 Å². The lowest BCUT2D eigenvalue weighted by Crippen LogP contribution is -2.42. The standard InChI is InChI=1S/C9H16ClNO3/c1-6(2)4-7(9(13)14-3)11-8(12)5-10/h6-7H,4-5H2,1-3H3,(H,11,12). The number of hydrogen-bond donors (Lipinski definition) is 1. The second-order valence-electron chi connectivity index (χ2n) is 3.41. The topological polar surface area (TPSA) is 55.4 Å². The molecule has 4 nitrogen and oxygen atoms in total. The van der Waals surface area contributed by atoms with Crippen LogP contribution < -0.4 is 5.32 Å². The number of halogens is 1. The van der Waals surface area contributed by atoms with E-state index in [-0.39, 0.29) is 11.8 Å². The van der Waals surface area contributed by atoms with Crippen molar-refractivity contribution in [3.63, 3.8) is 0 Å². The van der Waals surface area contributed by atoms with Crippen molar-refractivity contribution in [1.82, 2.24) is 5.32 Å². The summed E-state index contributed by atoms with van der Waals surface area (Å²) in [6.07, 6.45) is 0.551. The second-order valence-corrected chi connectivity index (χ2v) is 3.67. The summed E-state index contributed by atoms with van der Waals surface area (Å²) >= 11 is 5.32. The third-order valence-corrected chi connectivity index (χ3v) is 1.89. The molecule has 1 N–H and O–H groups in total. The van der Waals surface area contributed by atoms with E-state index in [1.807, 2.05) is 13.8 Å². The molecule has 0 aliphatic carbocycles. The molecule has 0 fully saturated rings. The van der Waals surface area contributed by atoms with Gasteiger partial charge in [0.25, 0.3) is 0 Å². The molecule has 82 valence electrons. The molecule has 0 aromatic rings. The van der Waals surface area contributed by atoms with E-state index in [0.717, 1.165) is 0 Å². The SMILES string of the molecule is COC(=O)C(CC(C)C)NC(=O)CCl. The van der Waals surface area contributed by atoms with Gasteiger partial charge in [-0.15, -0.1) is 11.6 Å². The van der Waals surface area contributed by atoms with Crippen LogP contribution in [0.15, 0.2) is 0 Å². The van der Waals surface area contributed by atoms with Gasteiger partial charge in [0.1, 0.15) is 11.9 Å². The van der Waals surface area contributed by atoms with Crippen LogP contribution in [-0.2, 0) is 14.3 Å². The van der Waals surface area contributed by atoms with Gasteiger partial charge in [-0.2, -0.15) is 0 Å². The first kappa shape index (κ1) is 13.2. The highest BCUT2D eigenvalue weighted by atomic mass is 35.5. The number of esters is 1. The van der Waals surface area contributed by atoms with E-state index in [9.17, 15) is 9.59 Å². The normalized spacial score (nSPS) is 12.4. The van der Waals surface area contributed by atoms with Crippen LogP contribution in [0.5, 0.6) is 0 Å². The fourth-order valence-corrected chi connectivity index (χ4v) is 1.14. The van der Waals surface area contributed by atoms with Gasteiger partial charge < -0.3 is 10.1 Å². The van der Waals surface area contributed by atoms with Gasteiger partial charge in [0.2, 0.25) is 5.91 Å². The smallest absolute Gasteiger partial charge is 0.328 e. The van der Waals surface area contributed by atoms with E-state index < -0.39 is 12.0 Å². The summed E-state index contributed by atoms with van der Waals surface area (Å²) in [5.74, 6) is -0.638. The fourth-order valence-electron chi connectivity index (χ4n) is 1.06. The van der Waals surface area contributed by atoms with Crippen LogP contribution in [0.25, 0.3) is 0 Å². The summed E-state index contributed by atoms with van der Waals surface area (Å²) in [7, 11) is 1.29. The molecule has 5 heteroatoms. The fraction of sp³-hybridized carbons (Fsp3) is 0.778. The zero-order chi connectivity index (χ0) is 11.1. The Morgan fingerprint density at radius 1 is 1.43 bits per heavy atom. The third-order valence-electron chi connectivity index (χ3n) is 1.65. The van der Waals surface area contributed by atoms with Gasteiger partial charge in [0.05, 0.1) is 7.11 Å². The molecule has 0 aliphatic rings. The number of amides is 1. The molecule has 0 rings (SSSR count). The zero-order valence-electron chi connectivity index (χ0n) is 8.67. The van der Waals surface area contributed by atoms with Crippen molar-refractivity contribution in [2.45, 2.75) is 26.3 Å². The highest BCUT2D eigenvalue weighted by molar-refractivity contribution is 6.27. The Hall–Kier alpha value is -0.770. The molecule has 1 unspecified atom stereocenters. The molecule has 0 heterocycles. The van der Waals surface area contributed by atoms with Gasteiger partial charge >= 0.3 is 5.97 Å². The number of ether oxygens (including phenoxy) is 1. The molecule has 1 atom stereocenters. The average Bonchev–Trinajstić information content (AvgIpc) is 2.14. The lowest BCUT2D eigenvalue weighted by Gasteiger charge is -2.17. The second kappa shape index (κ2) is 6.65. The van der Waals surface area contributed by atoms with Crippen LogP contribution in [0.3, 0.4) is 0 Å². The Morgan fingerprint density at radius 3 is 2.36 bits per heavy atom. The van der Waals surface area contributed by atoms with Crippen LogP contribution >= 0.6 is 11.6 Å². The molecular formula is C9H16ClNO3. The number of rotatable bonds is 5. The molecule has 0 spiro atoms. The van der Waals surface area contributed by atoms with Crippen molar-refractivity contribution in [2.75, 3.05) is 13.0 Å². The highest BCUT2D eigenvalue weighted by Gasteiger charge is 2.21. The van der Waals surface area contributed by atoms with Gasteiger partial charge in [-0.25, -0.2) is 4.79 Å². The minimum absolute atomic E-state index is 0.147. The number of carbonyl (C=O) groups is 2. The Labute approximate surface area is 88.9 Å². The molecule has 0 saturated heterocycles. The first-order valence-electron chi connectivity index (χ1n) is 4.44. The largest absolute Gasteiger partial charge is 0.467 e. The van der Waals surface area contributed by atoms with Crippen molar-refractivity contribution in [3.8, 4) is 0 Å². The minimum atomic E-state index is -0.591. The molecular weight excluding hydrogens is 206 g/mol. The molecule has 0 bridgehead atoms. The number of hydrogen-bond acceptors (Lipinski definition) is 3. The van der Waals surface area contributed by atoms with Crippen molar-refractivity contribution in [3.05, 3.63) is 0 Å². The maximum atomic E-state index is 11.2. The van der Waals surface area contributed by atoms with Gasteiger partial charge in [-0.1, -0.05) is 13.8 Å². The van der Waals surface area contributed by atoms with Crippen molar-refractivity contribution < 1.29 is 14.3 Å². The molecule has 0 aromatic heterocycles. The summed E-state index contributed by atoms with van der Waals surface area (Å²) in [4.78, 5) is 22.2. The van der Waals surface area contributed by atoms with Crippen molar-refractivity contribution in [1.29, 1.82) is 0 Å². The molecule has 0 saturated carbocycles. The van der Waals surface area contributed by atoms with Crippen LogP contribution in [0, 0.1) is 5.92 Å². The maximum absolute atomic E-state index is 11.2. The first-order chi connectivity index (χ1) is 6.51. The first-order valence-corrected chi connectivity index (χ1v) is 4.97. The molecule has 0 aromatic carbocycles. The summed E-state index contributed by atoms with van der Waals surface area (Å²) in [5, 5.41) is 2.50. The highest BCUT2D eigenvalue weighted by Crippen LogP contribution is 2.06. The summed E-state index contributed by atoms with van der Waals surface area (Å²) < 4.78 is 4.56. The van der Waals surface area contributed by atoms with E-state index in [0.29, 0.717) is 12.3 Å². The van der Waals surface area contributed by atoms with Gasteiger partial charge in [0, 0.05) is 0 Å². The quantitative estimate of drug-likeness (QED) is 0.555. The Balaban J connectivity index is 4.24. The number of nitrogens with one attached hydrogen (secondary N) is 1. The van der Waals surface area contributed by atoms with E-state index in [1.165, 1.54) is 7.11 Å². The van der Waals surface area contributed by atoms with Crippen molar-refractivity contribution >= 4 is 23.5 Å². The monoisotopic (exact) mass is 221 g/mol. The predicted octanol–water partition coefficient (Wildman–Crippen LogP) is 0.929. The lowest BCUT2D eigenvalue weighted by molar-refractivity contribution is -0.145. The van der Waals surface area contributed by atoms with E-state index in [1.54, 1.807) is 0 Å². The van der Waals surface area contributed by atoms with Crippen molar-refractivity contribution in [2.24, 2.45) is 5.92 Å². The van der Waals surface area contributed by atoms with E-state index in [4.69, 9.17) is 11.6 Å². The molecule has 0 aliphatic heterocycles. The molecule has 1 amide bonds. The number of alkyl halides is 1.